The fourth-order valence-electron chi connectivity index (χ4n) is 2.80. The first-order chi connectivity index (χ1) is 11.2. The predicted octanol–water partition coefficient (Wildman–Crippen LogP) is 3.59. The second kappa shape index (κ2) is 6.65. The van der Waals surface area contributed by atoms with E-state index >= 15 is 0 Å². The smallest absolute Gasteiger partial charge is 0.251 e. The number of carbonyl (C=O) groups is 1. The summed E-state index contributed by atoms with van der Waals surface area (Å²) in [5.74, 6) is -0.0221. The zero-order valence-electron chi connectivity index (χ0n) is 13.5. The summed E-state index contributed by atoms with van der Waals surface area (Å²) in [6, 6.07) is 12.2. The van der Waals surface area contributed by atoms with E-state index in [1.54, 1.807) is 12.4 Å². The molecule has 1 amide bonds. The maximum absolute atomic E-state index is 12.5. The molecule has 0 bridgehead atoms. The summed E-state index contributed by atoms with van der Waals surface area (Å²) >= 11 is 0. The van der Waals surface area contributed by atoms with Crippen molar-refractivity contribution in [2.75, 3.05) is 6.54 Å². The Morgan fingerprint density at radius 1 is 1.17 bits per heavy atom. The van der Waals surface area contributed by atoms with Crippen LogP contribution in [0.3, 0.4) is 0 Å². The van der Waals surface area contributed by atoms with E-state index in [1.165, 1.54) is 5.56 Å². The molecule has 0 aliphatic rings. The fraction of sp³-hybridized carbons (Fsp3) is 0.263. The van der Waals surface area contributed by atoms with Crippen LogP contribution < -0.4 is 5.32 Å². The Balaban J connectivity index is 1.73. The molecule has 3 rings (SSSR count). The third-order valence-corrected chi connectivity index (χ3v) is 4.01. The Morgan fingerprint density at radius 3 is 2.70 bits per heavy atom. The van der Waals surface area contributed by atoms with Gasteiger partial charge in [-0.05, 0) is 56.2 Å². The summed E-state index contributed by atoms with van der Waals surface area (Å²) in [6.45, 7) is 4.89. The molecule has 4 heteroatoms. The average Bonchev–Trinajstić information content (AvgIpc) is 3.00. The molecule has 0 spiro atoms. The van der Waals surface area contributed by atoms with Crippen LogP contribution in [0.15, 0.2) is 55.0 Å². The van der Waals surface area contributed by atoms with Gasteiger partial charge in [-0.3, -0.25) is 9.78 Å². The van der Waals surface area contributed by atoms with Gasteiger partial charge in [-0.15, -0.1) is 0 Å². The lowest BCUT2D eigenvalue weighted by atomic mass is 10.1. The third-order valence-electron chi connectivity index (χ3n) is 4.01. The van der Waals surface area contributed by atoms with Crippen molar-refractivity contribution in [1.29, 1.82) is 0 Å². The summed E-state index contributed by atoms with van der Waals surface area (Å²) in [4.78, 5) is 16.5. The number of pyridine rings is 1. The lowest BCUT2D eigenvalue weighted by Gasteiger charge is -2.10. The number of hydrogen-bond donors (Lipinski definition) is 1. The number of fused-ring (bicyclic) bond motifs is 1. The summed E-state index contributed by atoms with van der Waals surface area (Å²) in [7, 11) is 0. The SMILES string of the molecule is CC(C)n1ccc2c(C(=O)NCCc3ccncc3)cccc21. The van der Waals surface area contributed by atoms with E-state index in [0.29, 0.717) is 12.6 Å². The van der Waals surface area contributed by atoms with Crippen LogP contribution >= 0.6 is 0 Å². The summed E-state index contributed by atoms with van der Waals surface area (Å²) in [5, 5.41) is 4.01. The second-order valence-electron chi connectivity index (χ2n) is 5.92. The fourth-order valence-corrected chi connectivity index (χ4v) is 2.80. The third kappa shape index (κ3) is 3.26. The average molecular weight is 307 g/mol. The van der Waals surface area contributed by atoms with Crippen molar-refractivity contribution in [1.82, 2.24) is 14.9 Å². The van der Waals surface area contributed by atoms with Gasteiger partial charge in [-0.2, -0.15) is 0 Å². The molecule has 118 valence electrons. The zero-order chi connectivity index (χ0) is 16.2. The molecule has 2 heterocycles. The highest BCUT2D eigenvalue weighted by molar-refractivity contribution is 6.06. The number of benzene rings is 1. The van der Waals surface area contributed by atoms with Crippen LogP contribution in [0.5, 0.6) is 0 Å². The Hall–Kier alpha value is -2.62. The van der Waals surface area contributed by atoms with Gasteiger partial charge in [0.05, 0.1) is 0 Å². The second-order valence-corrected chi connectivity index (χ2v) is 5.92. The number of hydrogen-bond acceptors (Lipinski definition) is 2. The van der Waals surface area contributed by atoms with Crippen molar-refractivity contribution in [3.63, 3.8) is 0 Å². The number of amides is 1. The van der Waals surface area contributed by atoms with Gasteiger partial charge in [-0.25, -0.2) is 0 Å². The van der Waals surface area contributed by atoms with Crippen LogP contribution in [0.4, 0.5) is 0 Å². The van der Waals surface area contributed by atoms with Crippen LogP contribution in [-0.4, -0.2) is 22.0 Å². The minimum absolute atomic E-state index is 0.0221. The highest BCUT2D eigenvalue weighted by atomic mass is 16.1. The van der Waals surface area contributed by atoms with Crippen molar-refractivity contribution >= 4 is 16.8 Å². The zero-order valence-corrected chi connectivity index (χ0v) is 13.5. The molecule has 0 fully saturated rings. The highest BCUT2D eigenvalue weighted by Gasteiger charge is 2.12. The van der Waals surface area contributed by atoms with Crippen LogP contribution in [-0.2, 0) is 6.42 Å². The summed E-state index contributed by atoms with van der Waals surface area (Å²) < 4.78 is 2.18. The molecule has 0 aliphatic carbocycles. The van der Waals surface area contributed by atoms with Crippen LogP contribution in [0.1, 0.15) is 35.8 Å². The molecule has 0 radical (unpaired) electrons. The van der Waals surface area contributed by atoms with Crippen molar-refractivity contribution < 1.29 is 4.79 Å². The maximum atomic E-state index is 12.5. The molecular formula is C19H21N3O. The quantitative estimate of drug-likeness (QED) is 0.783. The van der Waals surface area contributed by atoms with Crippen molar-refractivity contribution in [2.45, 2.75) is 26.3 Å². The van der Waals surface area contributed by atoms with Gasteiger partial charge < -0.3 is 9.88 Å². The van der Waals surface area contributed by atoms with E-state index < -0.39 is 0 Å². The number of rotatable bonds is 5. The van der Waals surface area contributed by atoms with Crippen molar-refractivity contribution in [2.24, 2.45) is 0 Å². The highest BCUT2D eigenvalue weighted by Crippen LogP contribution is 2.23. The van der Waals surface area contributed by atoms with Crippen LogP contribution in [0.2, 0.25) is 0 Å². The number of nitrogens with one attached hydrogen (secondary N) is 1. The molecule has 0 unspecified atom stereocenters. The molecule has 0 atom stereocenters. The summed E-state index contributed by atoms with van der Waals surface area (Å²) in [5.41, 5.74) is 3.00. The van der Waals surface area contributed by atoms with Gasteiger partial charge >= 0.3 is 0 Å². The molecule has 0 saturated heterocycles. The van der Waals surface area contributed by atoms with E-state index in [9.17, 15) is 4.79 Å². The molecule has 3 aromatic rings. The van der Waals surface area contributed by atoms with Gasteiger partial charge in [0.25, 0.3) is 5.91 Å². The molecule has 4 nitrogen and oxygen atoms in total. The predicted molar refractivity (Wildman–Crippen MR) is 92.6 cm³/mol. The first-order valence-corrected chi connectivity index (χ1v) is 7.93. The molecular weight excluding hydrogens is 286 g/mol. The van der Waals surface area contributed by atoms with E-state index in [4.69, 9.17) is 0 Å². The Morgan fingerprint density at radius 2 is 1.96 bits per heavy atom. The van der Waals surface area contributed by atoms with Gasteiger partial charge in [0.2, 0.25) is 0 Å². The van der Waals surface area contributed by atoms with Gasteiger partial charge in [0, 0.05) is 47.6 Å². The monoisotopic (exact) mass is 307 g/mol. The number of carbonyl (C=O) groups excluding carboxylic acids is 1. The van der Waals surface area contributed by atoms with E-state index in [1.807, 2.05) is 36.5 Å². The summed E-state index contributed by atoms with van der Waals surface area (Å²) in [6.07, 6.45) is 6.39. The molecule has 1 N–H and O–H groups in total. The van der Waals surface area contributed by atoms with Crippen LogP contribution in [0, 0.1) is 0 Å². The molecule has 1 aromatic carbocycles. The first-order valence-electron chi connectivity index (χ1n) is 7.93. The van der Waals surface area contributed by atoms with E-state index in [-0.39, 0.29) is 5.91 Å². The lowest BCUT2D eigenvalue weighted by Crippen LogP contribution is -2.25. The standard InChI is InChI=1S/C19H21N3O/c1-14(2)22-13-9-16-17(4-3-5-18(16)22)19(23)21-12-8-15-6-10-20-11-7-15/h3-7,9-11,13-14H,8,12H2,1-2H3,(H,21,23). The first kappa shape index (κ1) is 15.3. The number of aromatic nitrogens is 2. The number of nitrogens with zero attached hydrogens (tertiary/aromatic N) is 2. The van der Waals surface area contributed by atoms with Gasteiger partial charge in [0.1, 0.15) is 0 Å². The molecule has 0 aliphatic heterocycles. The Bertz CT molecular complexity index is 806. The lowest BCUT2D eigenvalue weighted by molar-refractivity contribution is 0.0956. The minimum atomic E-state index is -0.0221. The molecule has 0 saturated carbocycles. The Kier molecular flexibility index (Phi) is 4.42. The normalized spacial score (nSPS) is 11.1. The van der Waals surface area contributed by atoms with Crippen LogP contribution in [0.25, 0.3) is 10.9 Å². The van der Waals surface area contributed by atoms with Crippen molar-refractivity contribution in [3.8, 4) is 0 Å². The van der Waals surface area contributed by atoms with Gasteiger partial charge in [-0.1, -0.05) is 6.07 Å². The largest absolute Gasteiger partial charge is 0.352 e. The Labute approximate surface area is 136 Å². The van der Waals surface area contributed by atoms with E-state index in [0.717, 1.165) is 22.9 Å². The minimum Gasteiger partial charge on any atom is -0.352 e. The topological polar surface area (TPSA) is 46.9 Å². The van der Waals surface area contributed by atoms with Crippen molar-refractivity contribution in [3.05, 3.63) is 66.1 Å². The molecule has 23 heavy (non-hydrogen) atoms. The van der Waals surface area contributed by atoms with Gasteiger partial charge in [0.15, 0.2) is 0 Å². The maximum Gasteiger partial charge on any atom is 0.251 e. The molecule has 2 aromatic heterocycles. The van der Waals surface area contributed by atoms with E-state index in [2.05, 4.69) is 34.8 Å².